The lowest BCUT2D eigenvalue weighted by Crippen LogP contribution is -2.25. The number of nitrogens with two attached hydrogens (primary N) is 2. The van der Waals surface area contributed by atoms with E-state index in [1.165, 1.54) is 0 Å². The van der Waals surface area contributed by atoms with Gasteiger partial charge < -0.3 is 39.9 Å². The number of benzene rings is 2. The Morgan fingerprint density at radius 2 is 0.950 bits per heavy atom. The van der Waals surface area contributed by atoms with E-state index in [0.717, 1.165) is 0 Å². The summed E-state index contributed by atoms with van der Waals surface area (Å²) in [7, 11) is 0. The Morgan fingerprint density at radius 3 is 1.30 bits per heavy atom. The van der Waals surface area contributed by atoms with Gasteiger partial charge in [-0.3, -0.25) is 0 Å². The van der Waals surface area contributed by atoms with E-state index < -0.39 is 12.1 Å². The molecule has 2 aromatic rings. The first-order valence-electron chi connectivity index (χ1n) is 12.5. The van der Waals surface area contributed by atoms with E-state index in [4.69, 9.17) is 39.9 Å². The van der Waals surface area contributed by atoms with Crippen LogP contribution >= 0.6 is 0 Å². The number of primary amides is 2. The number of hydrogen-bond acceptors (Lipinski definition) is 10. The van der Waals surface area contributed by atoms with E-state index in [1.54, 1.807) is 50.2 Å². The topological polar surface area (TPSA) is 190 Å². The van der Waals surface area contributed by atoms with Gasteiger partial charge in [-0.25, -0.2) is 20.4 Å². The number of rotatable bonds is 4. The summed E-state index contributed by atoms with van der Waals surface area (Å²) in [6.07, 6.45) is 0. The summed E-state index contributed by atoms with van der Waals surface area (Å²) < 4.78 is 34.9. The minimum absolute atomic E-state index is 0.248. The SMILES string of the molecule is C/C(=N\NC(N)=O)c1ccc2c(c1)OCCOCCOc1cc(/C(C)=N/NC(N)=O)ccc1OCCOCCO2. The van der Waals surface area contributed by atoms with Gasteiger partial charge in [-0.2, -0.15) is 10.2 Å². The number of nitrogens with zero attached hydrogens (tertiary/aromatic N) is 2. The molecule has 1 heterocycles. The highest BCUT2D eigenvalue weighted by Gasteiger charge is 2.12. The fourth-order valence-electron chi connectivity index (χ4n) is 3.38. The largest absolute Gasteiger partial charge is 0.487 e. The van der Waals surface area contributed by atoms with E-state index in [2.05, 4.69) is 21.1 Å². The first-order valence-corrected chi connectivity index (χ1v) is 12.5. The maximum absolute atomic E-state index is 11.0. The third-order valence-electron chi connectivity index (χ3n) is 5.33. The van der Waals surface area contributed by atoms with E-state index >= 15 is 0 Å². The van der Waals surface area contributed by atoms with Crippen LogP contribution in [-0.4, -0.2) is 76.3 Å². The summed E-state index contributed by atoms with van der Waals surface area (Å²) in [6, 6.07) is 9.10. The normalized spacial score (nSPS) is 15.8. The Hall–Kier alpha value is -4.56. The van der Waals surface area contributed by atoms with Crippen LogP contribution in [0.3, 0.4) is 0 Å². The van der Waals surface area contributed by atoms with Gasteiger partial charge in [-0.1, -0.05) is 0 Å². The zero-order valence-corrected chi connectivity index (χ0v) is 22.4. The van der Waals surface area contributed by atoms with Crippen LogP contribution in [0.4, 0.5) is 9.59 Å². The summed E-state index contributed by atoms with van der Waals surface area (Å²) in [5.74, 6) is 2.02. The highest BCUT2D eigenvalue weighted by Crippen LogP contribution is 2.30. The predicted molar refractivity (Wildman–Crippen MR) is 146 cm³/mol. The Labute approximate surface area is 231 Å². The Morgan fingerprint density at radius 1 is 0.600 bits per heavy atom. The van der Waals surface area contributed by atoms with Gasteiger partial charge in [0.25, 0.3) is 0 Å². The highest BCUT2D eigenvalue weighted by atomic mass is 16.6. The monoisotopic (exact) mass is 558 g/mol. The number of urea groups is 2. The number of carbonyl (C=O) groups excluding carboxylic acids is 2. The Balaban J connectivity index is 1.66. The minimum atomic E-state index is -0.757. The number of amides is 4. The van der Waals surface area contributed by atoms with Crippen LogP contribution in [0.1, 0.15) is 25.0 Å². The number of ether oxygens (including phenoxy) is 6. The third kappa shape index (κ3) is 9.96. The highest BCUT2D eigenvalue weighted by molar-refractivity contribution is 6.00. The lowest BCUT2D eigenvalue weighted by Gasteiger charge is -2.16. The Kier molecular flexibility index (Phi) is 11.8. The van der Waals surface area contributed by atoms with Crippen molar-refractivity contribution in [3.63, 3.8) is 0 Å². The molecule has 0 saturated heterocycles. The van der Waals surface area contributed by atoms with Gasteiger partial charge in [0, 0.05) is 11.1 Å². The van der Waals surface area contributed by atoms with Gasteiger partial charge in [0.05, 0.1) is 37.9 Å². The van der Waals surface area contributed by atoms with Crippen LogP contribution < -0.4 is 41.3 Å². The van der Waals surface area contributed by atoms with E-state index in [-0.39, 0.29) is 26.4 Å². The molecule has 4 amide bonds. The molecule has 40 heavy (non-hydrogen) atoms. The lowest BCUT2D eigenvalue weighted by molar-refractivity contribution is 0.0640. The first kappa shape index (κ1) is 30.0. The maximum Gasteiger partial charge on any atom is 0.332 e. The molecule has 216 valence electrons. The van der Waals surface area contributed by atoms with Crippen LogP contribution in [0, 0.1) is 0 Å². The summed E-state index contributed by atoms with van der Waals surface area (Å²) in [5, 5.41) is 7.90. The van der Waals surface area contributed by atoms with Crippen molar-refractivity contribution in [3.05, 3.63) is 47.5 Å². The van der Waals surface area contributed by atoms with Crippen molar-refractivity contribution in [2.75, 3.05) is 52.9 Å². The molecule has 0 aliphatic carbocycles. The van der Waals surface area contributed by atoms with Crippen LogP contribution in [0.25, 0.3) is 0 Å². The second-order valence-electron chi connectivity index (χ2n) is 8.29. The molecule has 0 aromatic heterocycles. The molecule has 0 radical (unpaired) electrons. The summed E-state index contributed by atoms with van der Waals surface area (Å²) in [5.41, 5.74) is 17.1. The molecule has 14 heteroatoms. The number of nitrogens with one attached hydrogen (secondary N) is 2. The van der Waals surface area contributed by atoms with E-state index in [9.17, 15) is 9.59 Å². The number of hydrogen-bond donors (Lipinski definition) is 4. The molecule has 1 aliphatic heterocycles. The molecule has 3 rings (SSSR count). The van der Waals surface area contributed by atoms with Crippen molar-refractivity contribution in [2.45, 2.75) is 13.8 Å². The third-order valence-corrected chi connectivity index (χ3v) is 5.33. The maximum atomic E-state index is 11.0. The van der Waals surface area contributed by atoms with Gasteiger partial charge in [-0.05, 0) is 50.2 Å². The zero-order valence-electron chi connectivity index (χ0n) is 22.4. The molecular formula is C26H34N6O8. The molecule has 0 atom stereocenters. The predicted octanol–water partition coefficient (Wildman–Crippen LogP) is 1.73. The fourth-order valence-corrected chi connectivity index (χ4v) is 3.38. The Bertz CT molecular complexity index is 1130. The van der Waals surface area contributed by atoms with Gasteiger partial charge >= 0.3 is 12.1 Å². The molecule has 1 aliphatic rings. The minimum Gasteiger partial charge on any atom is -0.487 e. The van der Waals surface area contributed by atoms with Crippen LogP contribution in [-0.2, 0) is 9.47 Å². The molecule has 0 saturated carbocycles. The van der Waals surface area contributed by atoms with Gasteiger partial charge in [-0.15, -0.1) is 0 Å². The molecule has 0 bridgehead atoms. The van der Waals surface area contributed by atoms with Crippen molar-refractivity contribution in [1.82, 2.24) is 10.9 Å². The van der Waals surface area contributed by atoms with Gasteiger partial charge in [0.15, 0.2) is 23.0 Å². The molecule has 14 nitrogen and oxygen atoms in total. The number of carbonyl (C=O) groups is 2. The van der Waals surface area contributed by atoms with Crippen LogP contribution in [0.2, 0.25) is 0 Å². The number of hydrazone groups is 2. The first-order chi connectivity index (χ1) is 19.3. The van der Waals surface area contributed by atoms with Crippen LogP contribution in [0.15, 0.2) is 46.6 Å². The van der Waals surface area contributed by atoms with Gasteiger partial charge in [0.1, 0.15) is 26.4 Å². The fraction of sp³-hybridized carbons (Fsp3) is 0.385. The summed E-state index contributed by atoms with van der Waals surface area (Å²) >= 11 is 0. The average molecular weight is 559 g/mol. The van der Waals surface area contributed by atoms with Crippen LogP contribution in [0.5, 0.6) is 23.0 Å². The molecule has 0 spiro atoms. The van der Waals surface area contributed by atoms with Crippen molar-refractivity contribution in [2.24, 2.45) is 21.7 Å². The average Bonchev–Trinajstić information content (AvgIpc) is 2.93. The summed E-state index contributed by atoms with van der Waals surface area (Å²) in [4.78, 5) is 21.9. The molecule has 0 fully saturated rings. The van der Waals surface area contributed by atoms with Gasteiger partial charge in [0.2, 0.25) is 0 Å². The van der Waals surface area contributed by atoms with Crippen molar-refractivity contribution in [1.29, 1.82) is 0 Å². The molecular weight excluding hydrogens is 524 g/mol. The van der Waals surface area contributed by atoms with Crippen molar-refractivity contribution < 1.29 is 38.0 Å². The smallest absolute Gasteiger partial charge is 0.332 e. The van der Waals surface area contributed by atoms with Crippen molar-refractivity contribution in [3.8, 4) is 23.0 Å². The van der Waals surface area contributed by atoms with E-state index in [1.807, 2.05) is 0 Å². The lowest BCUT2D eigenvalue weighted by atomic mass is 10.1. The second kappa shape index (κ2) is 15.8. The molecule has 2 aromatic carbocycles. The quantitative estimate of drug-likeness (QED) is 0.322. The summed E-state index contributed by atoms with van der Waals surface area (Å²) in [6.45, 7) is 5.74. The number of fused-ring (bicyclic) bond motifs is 2. The second-order valence-corrected chi connectivity index (χ2v) is 8.29. The molecule has 0 unspecified atom stereocenters. The zero-order chi connectivity index (χ0) is 28.7. The van der Waals surface area contributed by atoms with E-state index in [0.29, 0.717) is 72.0 Å². The molecule has 6 N–H and O–H groups in total. The standard InChI is InChI=1S/C26H34N6O8/c1-17(29-31-25(27)33)19-3-5-21-23(15-19)39-13-9-36-10-14-40-24-16-20(18(2)30-32-26(28)34)4-6-22(24)38-12-8-35-7-11-37-21/h3-6,15-16H,7-14H2,1-2H3,(H3,27,31,33)(H3,28,32,34)/b29-17+,30-18+. The van der Waals surface area contributed by atoms with Crippen molar-refractivity contribution >= 4 is 23.5 Å².